The molecule has 0 amide bonds. The van der Waals surface area contributed by atoms with E-state index in [0.29, 0.717) is 13.2 Å². The van der Waals surface area contributed by atoms with Crippen molar-refractivity contribution in [1.29, 1.82) is 0 Å². The number of ether oxygens (including phenoxy) is 2. The van der Waals surface area contributed by atoms with E-state index in [-0.39, 0.29) is 6.61 Å². The summed E-state index contributed by atoms with van der Waals surface area (Å²) in [4.78, 5) is 9.00. The summed E-state index contributed by atoms with van der Waals surface area (Å²) < 4.78 is 10.8. The fourth-order valence-corrected chi connectivity index (χ4v) is 2.53. The van der Waals surface area contributed by atoms with Crippen molar-refractivity contribution in [2.24, 2.45) is 0 Å². The highest BCUT2D eigenvalue weighted by Gasteiger charge is 1.94. The normalized spacial score (nSPS) is 10.5. The topological polar surface area (TPSA) is 88.0 Å². The highest BCUT2D eigenvalue weighted by atomic mass is 16.5. The first-order chi connectivity index (χ1) is 13.1. The summed E-state index contributed by atoms with van der Waals surface area (Å²) in [6.45, 7) is 8.14. The summed E-state index contributed by atoms with van der Waals surface area (Å²) >= 11 is 0. The third kappa shape index (κ3) is 36.9. The Morgan fingerprint density at radius 3 is 1.78 bits per heavy atom. The summed E-state index contributed by atoms with van der Waals surface area (Å²) in [5, 5.41) is 19.3. The maximum absolute atomic E-state index is 9.00. The monoisotopic (exact) mass is 391 g/mol. The van der Waals surface area contributed by atoms with E-state index in [1.807, 2.05) is 0 Å². The second kappa shape index (κ2) is 27.5. The minimum absolute atomic E-state index is 0.104. The lowest BCUT2D eigenvalue weighted by Crippen LogP contribution is -2.22. The number of hydrogen-bond donors (Lipinski definition) is 3. The molecule has 0 bridgehead atoms. The maximum Gasteiger partial charge on any atom is 0.300 e. The van der Waals surface area contributed by atoms with Crippen LogP contribution in [-0.4, -0.2) is 62.3 Å². The molecule has 0 aliphatic carbocycles. The second-order valence-electron chi connectivity index (χ2n) is 6.75. The van der Waals surface area contributed by atoms with Gasteiger partial charge in [-0.1, -0.05) is 64.7 Å². The number of hydrogen-bond acceptors (Lipinski definition) is 5. The number of aliphatic hydroxyl groups is 1. The van der Waals surface area contributed by atoms with Gasteiger partial charge in [-0.25, -0.2) is 0 Å². The third-order valence-electron chi connectivity index (χ3n) is 3.94. The van der Waals surface area contributed by atoms with Gasteiger partial charge in [0.1, 0.15) is 0 Å². The van der Waals surface area contributed by atoms with E-state index in [1.54, 1.807) is 0 Å². The molecular formula is C21H45NO5. The van der Waals surface area contributed by atoms with Gasteiger partial charge in [-0.2, -0.15) is 0 Å². The van der Waals surface area contributed by atoms with Crippen molar-refractivity contribution in [3.8, 4) is 0 Å². The molecule has 0 aliphatic heterocycles. The van der Waals surface area contributed by atoms with Crippen molar-refractivity contribution in [1.82, 2.24) is 5.32 Å². The zero-order valence-corrected chi connectivity index (χ0v) is 17.8. The summed E-state index contributed by atoms with van der Waals surface area (Å²) in [5.41, 5.74) is 0. The second-order valence-corrected chi connectivity index (χ2v) is 6.75. The van der Waals surface area contributed by atoms with Crippen LogP contribution in [0.5, 0.6) is 0 Å². The average Bonchev–Trinajstić information content (AvgIpc) is 2.63. The predicted octanol–water partition coefficient (Wildman–Crippen LogP) is 4.00. The van der Waals surface area contributed by atoms with Crippen LogP contribution in [-0.2, 0) is 14.3 Å². The SMILES string of the molecule is CC(=O)O.CCCCCCCCCCCCOCCCNCCOCCO. The maximum atomic E-state index is 9.00. The van der Waals surface area contributed by atoms with Crippen molar-refractivity contribution in [2.45, 2.75) is 84.5 Å². The summed E-state index contributed by atoms with van der Waals surface area (Å²) in [6, 6.07) is 0. The van der Waals surface area contributed by atoms with E-state index < -0.39 is 5.97 Å². The fourth-order valence-electron chi connectivity index (χ4n) is 2.53. The molecule has 0 heterocycles. The van der Waals surface area contributed by atoms with Gasteiger partial charge >= 0.3 is 0 Å². The standard InChI is InChI=1S/C19H41NO3.C2H4O2/c1-2-3-4-5-6-7-8-9-10-11-16-22-17-12-13-20-14-18-23-19-15-21;1-2(3)4/h20-21H,2-19H2,1H3;1H3,(H,3,4). The third-order valence-corrected chi connectivity index (χ3v) is 3.94. The highest BCUT2D eigenvalue weighted by molar-refractivity contribution is 5.62. The van der Waals surface area contributed by atoms with Crippen LogP contribution in [0.15, 0.2) is 0 Å². The summed E-state index contributed by atoms with van der Waals surface area (Å²) in [7, 11) is 0. The largest absolute Gasteiger partial charge is 0.481 e. The Kier molecular flexibility index (Phi) is 29.1. The zero-order chi connectivity index (χ0) is 20.4. The number of rotatable bonds is 20. The molecule has 0 saturated heterocycles. The van der Waals surface area contributed by atoms with Crippen molar-refractivity contribution < 1.29 is 24.5 Å². The molecule has 0 spiro atoms. The molecule has 164 valence electrons. The molecule has 6 heteroatoms. The lowest BCUT2D eigenvalue weighted by Gasteiger charge is -2.06. The van der Waals surface area contributed by atoms with Crippen LogP contribution in [0.2, 0.25) is 0 Å². The van der Waals surface area contributed by atoms with Crippen LogP contribution in [0.3, 0.4) is 0 Å². The van der Waals surface area contributed by atoms with Gasteiger partial charge in [0.15, 0.2) is 0 Å². The van der Waals surface area contributed by atoms with Crippen LogP contribution >= 0.6 is 0 Å². The van der Waals surface area contributed by atoms with E-state index in [4.69, 9.17) is 24.5 Å². The van der Waals surface area contributed by atoms with Gasteiger partial charge in [-0.05, 0) is 19.4 Å². The van der Waals surface area contributed by atoms with Crippen LogP contribution in [0, 0.1) is 0 Å². The molecule has 0 rings (SSSR count). The van der Waals surface area contributed by atoms with Crippen LogP contribution in [0.4, 0.5) is 0 Å². The van der Waals surface area contributed by atoms with Gasteiger partial charge in [0.05, 0.1) is 19.8 Å². The van der Waals surface area contributed by atoms with Gasteiger partial charge in [-0.15, -0.1) is 0 Å². The van der Waals surface area contributed by atoms with Crippen molar-refractivity contribution >= 4 is 5.97 Å². The molecule has 0 saturated carbocycles. The van der Waals surface area contributed by atoms with Crippen molar-refractivity contribution in [2.75, 3.05) is 46.1 Å². The molecule has 0 fully saturated rings. The molecular weight excluding hydrogens is 346 g/mol. The number of carboxylic acids is 1. The van der Waals surface area contributed by atoms with Gasteiger partial charge in [0.25, 0.3) is 5.97 Å². The Bertz CT molecular complexity index is 253. The molecule has 0 unspecified atom stereocenters. The van der Waals surface area contributed by atoms with E-state index >= 15 is 0 Å². The van der Waals surface area contributed by atoms with Crippen molar-refractivity contribution in [3.63, 3.8) is 0 Å². The smallest absolute Gasteiger partial charge is 0.300 e. The molecule has 27 heavy (non-hydrogen) atoms. The molecule has 0 aromatic carbocycles. The average molecular weight is 392 g/mol. The quantitative estimate of drug-likeness (QED) is 0.272. The zero-order valence-electron chi connectivity index (χ0n) is 17.8. The molecule has 0 atom stereocenters. The number of aliphatic hydroxyl groups excluding tert-OH is 1. The Morgan fingerprint density at radius 2 is 1.22 bits per heavy atom. The van der Waals surface area contributed by atoms with Gasteiger partial charge < -0.3 is 25.0 Å². The highest BCUT2D eigenvalue weighted by Crippen LogP contribution is 2.10. The van der Waals surface area contributed by atoms with E-state index in [0.717, 1.165) is 39.6 Å². The number of nitrogens with one attached hydrogen (secondary N) is 1. The van der Waals surface area contributed by atoms with Crippen LogP contribution in [0.25, 0.3) is 0 Å². The van der Waals surface area contributed by atoms with Gasteiger partial charge in [0.2, 0.25) is 0 Å². The molecule has 6 nitrogen and oxygen atoms in total. The molecule has 0 aromatic heterocycles. The molecule has 0 aromatic rings. The lowest BCUT2D eigenvalue weighted by molar-refractivity contribution is -0.134. The van der Waals surface area contributed by atoms with E-state index in [2.05, 4.69) is 12.2 Å². The summed E-state index contributed by atoms with van der Waals surface area (Å²) in [5.74, 6) is -0.833. The Morgan fingerprint density at radius 1 is 0.741 bits per heavy atom. The molecule has 3 N–H and O–H groups in total. The van der Waals surface area contributed by atoms with E-state index in [9.17, 15) is 0 Å². The number of carboxylic acid groups (broad SMARTS) is 1. The lowest BCUT2D eigenvalue weighted by atomic mass is 10.1. The minimum Gasteiger partial charge on any atom is -0.481 e. The van der Waals surface area contributed by atoms with Gasteiger partial charge in [0, 0.05) is 26.7 Å². The number of unbranched alkanes of at least 4 members (excludes halogenated alkanes) is 9. The predicted molar refractivity (Wildman–Crippen MR) is 111 cm³/mol. The Hall–Kier alpha value is -0.690. The molecule has 0 aliphatic rings. The molecule has 0 radical (unpaired) electrons. The van der Waals surface area contributed by atoms with Crippen LogP contribution in [0.1, 0.15) is 84.5 Å². The number of aliphatic carboxylic acids is 1. The summed E-state index contributed by atoms with van der Waals surface area (Å²) in [6.07, 6.45) is 14.8. The van der Waals surface area contributed by atoms with Crippen LogP contribution < -0.4 is 5.32 Å². The first-order valence-electron chi connectivity index (χ1n) is 10.8. The van der Waals surface area contributed by atoms with Crippen molar-refractivity contribution in [3.05, 3.63) is 0 Å². The fraction of sp³-hybridized carbons (Fsp3) is 0.952. The first kappa shape index (κ1) is 28.5. The minimum atomic E-state index is -0.833. The Balaban J connectivity index is 0. The Labute approximate surface area is 167 Å². The first-order valence-corrected chi connectivity index (χ1v) is 10.8. The van der Waals surface area contributed by atoms with Gasteiger partial charge in [-0.3, -0.25) is 4.79 Å². The van der Waals surface area contributed by atoms with E-state index in [1.165, 1.54) is 64.2 Å². The number of carbonyl (C=O) groups is 1.